The molecule has 39 heavy (non-hydrogen) atoms. The second-order valence-corrected chi connectivity index (χ2v) is 10.8. The number of aromatic nitrogens is 3. The largest absolute Gasteiger partial charge is 0.497 e. The summed E-state index contributed by atoms with van der Waals surface area (Å²) in [6.07, 6.45) is 4.25. The van der Waals surface area contributed by atoms with E-state index in [9.17, 15) is 9.18 Å². The Hall–Kier alpha value is -4.27. The van der Waals surface area contributed by atoms with E-state index in [1.807, 2.05) is 49.2 Å². The van der Waals surface area contributed by atoms with E-state index in [1.54, 1.807) is 25.6 Å². The van der Waals surface area contributed by atoms with Gasteiger partial charge in [-0.25, -0.2) is 19.2 Å². The average molecular weight is 531 g/mol. The van der Waals surface area contributed by atoms with Crippen LogP contribution in [0.25, 0.3) is 22.2 Å². The number of methoxy groups -OCH3 is 1. The summed E-state index contributed by atoms with van der Waals surface area (Å²) in [5, 5.41) is 6.18. The van der Waals surface area contributed by atoms with Crippen LogP contribution >= 0.6 is 0 Å². The predicted molar refractivity (Wildman–Crippen MR) is 154 cm³/mol. The zero-order chi connectivity index (χ0) is 28.2. The summed E-state index contributed by atoms with van der Waals surface area (Å²) in [5.41, 5.74) is 4.12. The fourth-order valence-corrected chi connectivity index (χ4v) is 4.12. The Morgan fingerprint density at radius 1 is 1.08 bits per heavy atom. The lowest BCUT2D eigenvalue weighted by Crippen LogP contribution is -2.31. The number of pyridine rings is 1. The standard InChI is InChI=1S/C30H35FN6O2/c1-19-13-25(31)26(35-29(38)32-12-11-30(2,3)4)15-24(19)21-14-22-17-34-28(36-27(22)33-16-21)37(5)18-20-7-9-23(39-6)10-8-20/h7-10,13-17H,11-12,18H2,1-6H3,(H2,32,35,38). The molecule has 0 bridgehead atoms. The normalized spacial score (nSPS) is 11.4. The van der Waals surface area contributed by atoms with E-state index in [2.05, 4.69) is 46.4 Å². The summed E-state index contributed by atoms with van der Waals surface area (Å²) >= 11 is 0. The fraction of sp³-hybridized carbons (Fsp3) is 0.333. The number of amides is 2. The van der Waals surface area contributed by atoms with Crippen molar-refractivity contribution in [2.75, 3.05) is 30.9 Å². The van der Waals surface area contributed by atoms with Crippen molar-refractivity contribution in [2.45, 2.75) is 40.7 Å². The Labute approximate surface area is 228 Å². The van der Waals surface area contributed by atoms with Gasteiger partial charge < -0.3 is 20.3 Å². The minimum atomic E-state index is -0.496. The summed E-state index contributed by atoms with van der Waals surface area (Å²) in [7, 11) is 3.57. The summed E-state index contributed by atoms with van der Waals surface area (Å²) in [4.78, 5) is 28.0. The SMILES string of the molecule is COc1ccc(CN(C)c2ncc3cc(-c4cc(NC(=O)NCCC(C)(C)C)c(F)cc4C)cnc3n2)cc1. The van der Waals surface area contributed by atoms with Crippen LogP contribution in [0.2, 0.25) is 0 Å². The van der Waals surface area contributed by atoms with Crippen LogP contribution in [0, 0.1) is 18.2 Å². The van der Waals surface area contributed by atoms with Crippen LogP contribution in [-0.2, 0) is 6.54 Å². The third kappa shape index (κ3) is 7.19. The second kappa shape index (κ2) is 11.6. The van der Waals surface area contributed by atoms with E-state index in [4.69, 9.17) is 4.74 Å². The number of ether oxygens (including phenoxy) is 1. The first-order chi connectivity index (χ1) is 18.5. The minimum absolute atomic E-state index is 0.0923. The van der Waals surface area contributed by atoms with Crippen LogP contribution < -0.4 is 20.3 Å². The number of hydrogen-bond donors (Lipinski definition) is 2. The lowest BCUT2D eigenvalue weighted by atomic mass is 9.92. The number of carbonyl (C=O) groups excluding carboxylic acids is 1. The first-order valence-corrected chi connectivity index (χ1v) is 12.8. The summed E-state index contributed by atoms with van der Waals surface area (Å²) in [6, 6.07) is 12.4. The monoisotopic (exact) mass is 530 g/mol. The van der Waals surface area contributed by atoms with Gasteiger partial charge in [0.2, 0.25) is 5.95 Å². The van der Waals surface area contributed by atoms with E-state index in [-0.39, 0.29) is 11.1 Å². The zero-order valence-electron chi connectivity index (χ0n) is 23.3. The van der Waals surface area contributed by atoms with Crippen LogP contribution in [-0.4, -0.2) is 41.7 Å². The zero-order valence-corrected chi connectivity index (χ0v) is 23.3. The van der Waals surface area contributed by atoms with E-state index in [0.717, 1.165) is 39.8 Å². The van der Waals surface area contributed by atoms with E-state index >= 15 is 0 Å². The molecule has 9 heteroatoms. The molecule has 0 aliphatic heterocycles. The molecule has 2 amide bonds. The number of nitrogens with zero attached hydrogens (tertiary/aromatic N) is 4. The van der Waals surface area contributed by atoms with Crippen LogP contribution in [0.4, 0.5) is 20.8 Å². The second-order valence-electron chi connectivity index (χ2n) is 10.8. The minimum Gasteiger partial charge on any atom is -0.497 e. The van der Waals surface area contributed by atoms with E-state index in [1.165, 1.54) is 6.07 Å². The van der Waals surface area contributed by atoms with Crippen LogP contribution in [0.15, 0.2) is 54.9 Å². The maximum Gasteiger partial charge on any atom is 0.319 e. The van der Waals surface area contributed by atoms with Gasteiger partial charge in [0, 0.05) is 43.5 Å². The molecule has 0 aliphatic rings. The maximum absolute atomic E-state index is 14.7. The molecule has 2 aromatic carbocycles. The van der Waals surface area contributed by atoms with Gasteiger partial charge in [0.05, 0.1) is 12.8 Å². The molecule has 2 aromatic heterocycles. The molecule has 0 radical (unpaired) electrons. The van der Waals surface area contributed by atoms with Gasteiger partial charge in [-0.15, -0.1) is 0 Å². The van der Waals surface area contributed by atoms with Crippen molar-refractivity contribution < 1.29 is 13.9 Å². The predicted octanol–water partition coefficient (Wildman–Crippen LogP) is 6.34. The number of benzene rings is 2. The number of aryl methyl sites for hydroxylation is 1. The molecule has 0 spiro atoms. The molecule has 2 heterocycles. The quantitative estimate of drug-likeness (QED) is 0.276. The van der Waals surface area contributed by atoms with Crippen molar-refractivity contribution in [1.82, 2.24) is 20.3 Å². The third-order valence-electron chi connectivity index (χ3n) is 6.37. The Bertz CT molecular complexity index is 1470. The Morgan fingerprint density at radius 3 is 2.51 bits per heavy atom. The molecule has 0 saturated carbocycles. The van der Waals surface area contributed by atoms with Gasteiger partial charge in [-0.1, -0.05) is 32.9 Å². The first kappa shape index (κ1) is 27.8. The van der Waals surface area contributed by atoms with Crippen molar-refractivity contribution in [3.05, 3.63) is 71.8 Å². The van der Waals surface area contributed by atoms with Crippen LogP contribution in [0.3, 0.4) is 0 Å². The summed E-state index contributed by atoms with van der Waals surface area (Å²) in [6.45, 7) is 9.25. The average Bonchev–Trinajstić information content (AvgIpc) is 2.89. The number of anilines is 2. The lowest BCUT2D eigenvalue weighted by molar-refractivity contribution is 0.250. The molecular formula is C30H35FN6O2. The highest BCUT2D eigenvalue weighted by Gasteiger charge is 2.15. The van der Waals surface area contributed by atoms with E-state index in [0.29, 0.717) is 24.7 Å². The molecular weight excluding hydrogens is 495 g/mol. The first-order valence-electron chi connectivity index (χ1n) is 12.8. The van der Waals surface area contributed by atoms with Crippen molar-refractivity contribution in [3.63, 3.8) is 0 Å². The van der Waals surface area contributed by atoms with E-state index < -0.39 is 11.8 Å². The van der Waals surface area contributed by atoms with Gasteiger partial charge >= 0.3 is 6.03 Å². The third-order valence-corrected chi connectivity index (χ3v) is 6.37. The number of fused-ring (bicyclic) bond motifs is 1. The Morgan fingerprint density at radius 2 is 1.82 bits per heavy atom. The van der Waals surface area contributed by atoms with Gasteiger partial charge in [0.15, 0.2) is 5.65 Å². The summed E-state index contributed by atoms with van der Waals surface area (Å²) in [5.74, 6) is 0.867. The van der Waals surface area contributed by atoms with Gasteiger partial charge in [0.25, 0.3) is 0 Å². The molecule has 0 atom stereocenters. The number of nitrogens with one attached hydrogen (secondary N) is 2. The molecule has 4 aromatic rings. The highest BCUT2D eigenvalue weighted by Crippen LogP contribution is 2.30. The molecule has 0 unspecified atom stereocenters. The van der Waals surface area contributed by atoms with Crippen molar-refractivity contribution >= 4 is 28.7 Å². The van der Waals surface area contributed by atoms with Gasteiger partial charge in [-0.3, -0.25) is 0 Å². The van der Waals surface area contributed by atoms with Crippen LogP contribution in [0.1, 0.15) is 38.3 Å². The smallest absolute Gasteiger partial charge is 0.319 e. The molecule has 4 rings (SSSR count). The number of rotatable bonds is 8. The lowest BCUT2D eigenvalue weighted by Gasteiger charge is -2.18. The molecule has 204 valence electrons. The van der Waals surface area contributed by atoms with Crippen LogP contribution in [0.5, 0.6) is 5.75 Å². The highest BCUT2D eigenvalue weighted by molar-refractivity contribution is 5.91. The topological polar surface area (TPSA) is 92.3 Å². The van der Waals surface area contributed by atoms with Gasteiger partial charge in [-0.05, 0) is 65.8 Å². The summed E-state index contributed by atoms with van der Waals surface area (Å²) < 4.78 is 19.9. The highest BCUT2D eigenvalue weighted by atomic mass is 19.1. The van der Waals surface area contributed by atoms with Crippen molar-refractivity contribution in [1.29, 1.82) is 0 Å². The molecule has 2 N–H and O–H groups in total. The Kier molecular flexibility index (Phi) is 8.28. The number of carbonyl (C=O) groups is 1. The molecule has 0 fully saturated rings. The van der Waals surface area contributed by atoms with Gasteiger partial charge in [-0.2, -0.15) is 4.98 Å². The number of halogens is 1. The number of hydrogen-bond acceptors (Lipinski definition) is 6. The van der Waals surface area contributed by atoms with Crippen molar-refractivity contribution in [3.8, 4) is 16.9 Å². The molecule has 0 saturated heterocycles. The van der Waals surface area contributed by atoms with Crippen molar-refractivity contribution in [2.24, 2.45) is 5.41 Å². The molecule has 8 nitrogen and oxygen atoms in total. The maximum atomic E-state index is 14.7. The number of urea groups is 1. The Balaban J connectivity index is 1.51. The van der Waals surface area contributed by atoms with Gasteiger partial charge in [0.1, 0.15) is 11.6 Å². The molecule has 0 aliphatic carbocycles. The fourth-order valence-electron chi connectivity index (χ4n) is 4.12.